The summed E-state index contributed by atoms with van der Waals surface area (Å²) in [6.45, 7) is 1.75. The van der Waals surface area contributed by atoms with E-state index >= 15 is 0 Å². The fourth-order valence-electron chi connectivity index (χ4n) is 4.25. The molecule has 4 rings (SSSR count). The number of ether oxygens (including phenoxy) is 1. The average molecular weight is 430 g/mol. The molecule has 0 aliphatic carbocycles. The molecule has 2 aromatic carbocycles. The first-order chi connectivity index (χ1) is 14.5. The molecule has 2 bridgehead atoms. The number of hydrogen-bond donors (Lipinski definition) is 2. The number of rotatable bonds is 5. The van der Waals surface area contributed by atoms with Crippen LogP contribution >= 0.6 is 11.6 Å². The molecule has 0 spiro atoms. The first kappa shape index (κ1) is 20.8. The number of nitrogens with zero attached hydrogens (tertiary/aromatic N) is 1. The zero-order valence-corrected chi connectivity index (χ0v) is 17.3. The summed E-state index contributed by atoms with van der Waals surface area (Å²) >= 11 is 5.94. The van der Waals surface area contributed by atoms with Gasteiger partial charge in [0.1, 0.15) is 5.82 Å². The van der Waals surface area contributed by atoms with Gasteiger partial charge in [-0.1, -0.05) is 29.8 Å². The second-order valence-electron chi connectivity index (χ2n) is 7.87. The van der Waals surface area contributed by atoms with Gasteiger partial charge >= 0.3 is 0 Å². The lowest BCUT2D eigenvalue weighted by molar-refractivity contribution is -0.146. The van der Waals surface area contributed by atoms with Crippen molar-refractivity contribution >= 4 is 29.3 Å². The summed E-state index contributed by atoms with van der Waals surface area (Å²) in [4.78, 5) is 14.9. The second-order valence-corrected chi connectivity index (χ2v) is 8.31. The number of benzene rings is 2. The summed E-state index contributed by atoms with van der Waals surface area (Å²) in [6.07, 6.45) is 4.96. The molecule has 3 N–H and O–H groups in total. The van der Waals surface area contributed by atoms with Crippen molar-refractivity contribution < 1.29 is 13.9 Å². The largest absolute Gasteiger partial charge is 0.398 e. The summed E-state index contributed by atoms with van der Waals surface area (Å²) in [5.41, 5.74) is 8.33. The van der Waals surface area contributed by atoms with Gasteiger partial charge < -0.3 is 20.7 Å². The fourth-order valence-corrected chi connectivity index (χ4v) is 4.43. The molecule has 2 unspecified atom stereocenters. The standard InChI is InChI=1S/C23H25ClFN3O2/c24-17-5-3-16(22(26)9-17)4-8-23(29)28-20-10-19(11-21(28)14-30-13-20)27-12-15-1-6-18(25)7-2-15/h1-9,19-21,27H,10-14,26H2/b8-4+. The lowest BCUT2D eigenvalue weighted by atomic mass is 9.89. The summed E-state index contributed by atoms with van der Waals surface area (Å²) < 4.78 is 18.8. The lowest BCUT2D eigenvalue weighted by Gasteiger charge is -2.48. The van der Waals surface area contributed by atoms with E-state index in [2.05, 4.69) is 5.32 Å². The maximum Gasteiger partial charge on any atom is 0.247 e. The van der Waals surface area contributed by atoms with Gasteiger partial charge in [-0.2, -0.15) is 0 Å². The van der Waals surface area contributed by atoms with Crippen LogP contribution in [0.2, 0.25) is 5.02 Å². The average Bonchev–Trinajstić information content (AvgIpc) is 2.72. The molecular weight excluding hydrogens is 405 g/mol. The third-order valence-corrected chi connectivity index (χ3v) is 5.97. The van der Waals surface area contributed by atoms with E-state index in [4.69, 9.17) is 22.1 Å². The lowest BCUT2D eigenvalue weighted by Crippen LogP contribution is -2.61. The van der Waals surface area contributed by atoms with Crippen molar-refractivity contribution in [2.75, 3.05) is 18.9 Å². The fraction of sp³-hybridized carbons (Fsp3) is 0.348. The van der Waals surface area contributed by atoms with E-state index in [0.29, 0.717) is 30.5 Å². The Balaban J connectivity index is 1.38. The van der Waals surface area contributed by atoms with Crippen molar-refractivity contribution in [2.45, 2.75) is 37.5 Å². The van der Waals surface area contributed by atoms with Crippen LogP contribution in [0.3, 0.4) is 0 Å². The third-order valence-electron chi connectivity index (χ3n) is 5.74. The zero-order chi connectivity index (χ0) is 21.1. The van der Waals surface area contributed by atoms with Crippen LogP contribution in [-0.4, -0.2) is 42.1 Å². The Kier molecular flexibility index (Phi) is 6.37. The van der Waals surface area contributed by atoms with Gasteiger partial charge in [0.15, 0.2) is 0 Å². The van der Waals surface area contributed by atoms with Crippen LogP contribution in [0.25, 0.3) is 6.08 Å². The molecule has 2 heterocycles. The molecule has 2 aromatic rings. The van der Waals surface area contributed by atoms with Crippen LogP contribution in [-0.2, 0) is 16.1 Å². The Labute approximate surface area is 180 Å². The van der Waals surface area contributed by atoms with E-state index < -0.39 is 0 Å². The van der Waals surface area contributed by atoms with E-state index in [1.807, 2.05) is 4.90 Å². The van der Waals surface area contributed by atoms with Crippen LogP contribution in [0.1, 0.15) is 24.0 Å². The Hall–Kier alpha value is -2.41. The number of hydrogen-bond acceptors (Lipinski definition) is 4. The third kappa shape index (κ3) is 4.83. The van der Waals surface area contributed by atoms with Crippen LogP contribution in [0.4, 0.5) is 10.1 Å². The van der Waals surface area contributed by atoms with Crippen LogP contribution in [0.5, 0.6) is 0 Å². The van der Waals surface area contributed by atoms with Gasteiger partial charge in [0.25, 0.3) is 0 Å². The van der Waals surface area contributed by atoms with Crippen molar-refractivity contribution in [2.24, 2.45) is 0 Å². The molecule has 0 saturated carbocycles. The van der Waals surface area contributed by atoms with Crippen LogP contribution < -0.4 is 11.1 Å². The highest BCUT2D eigenvalue weighted by Crippen LogP contribution is 2.29. The molecule has 30 heavy (non-hydrogen) atoms. The summed E-state index contributed by atoms with van der Waals surface area (Å²) in [7, 11) is 0. The minimum atomic E-state index is -0.231. The molecule has 158 valence electrons. The molecule has 0 radical (unpaired) electrons. The number of nitrogens with two attached hydrogens (primary N) is 1. The maximum atomic E-state index is 13.1. The normalized spacial score (nSPS) is 23.7. The number of nitrogens with one attached hydrogen (secondary N) is 1. The Morgan fingerprint density at radius 1 is 1.20 bits per heavy atom. The monoisotopic (exact) mass is 429 g/mol. The highest BCUT2D eigenvalue weighted by Gasteiger charge is 2.40. The Morgan fingerprint density at radius 3 is 2.57 bits per heavy atom. The number of morpholine rings is 1. The van der Waals surface area contributed by atoms with Crippen molar-refractivity contribution in [3.05, 3.63) is 70.5 Å². The van der Waals surface area contributed by atoms with Gasteiger partial charge in [-0.25, -0.2) is 4.39 Å². The van der Waals surface area contributed by atoms with Gasteiger partial charge in [-0.15, -0.1) is 0 Å². The first-order valence-corrected chi connectivity index (χ1v) is 10.5. The predicted octanol–water partition coefficient (Wildman–Crippen LogP) is 3.62. The first-order valence-electron chi connectivity index (χ1n) is 10.1. The SMILES string of the molecule is Nc1cc(Cl)ccc1/C=C/C(=O)N1C2COCC1CC(NCc1ccc(F)cc1)C2. The Morgan fingerprint density at radius 2 is 1.90 bits per heavy atom. The number of halogens is 2. The molecule has 2 aliphatic heterocycles. The van der Waals surface area contributed by atoms with Crippen molar-refractivity contribution in [3.8, 4) is 0 Å². The van der Waals surface area contributed by atoms with Crippen molar-refractivity contribution in [1.29, 1.82) is 0 Å². The number of fused-ring (bicyclic) bond motifs is 2. The van der Waals surface area contributed by atoms with Gasteiger partial charge in [0.2, 0.25) is 5.91 Å². The predicted molar refractivity (Wildman–Crippen MR) is 116 cm³/mol. The highest BCUT2D eigenvalue weighted by atomic mass is 35.5. The van der Waals surface area contributed by atoms with Gasteiger partial charge in [0, 0.05) is 29.4 Å². The molecule has 2 atom stereocenters. The van der Waals surface area contributed by atoms with Gasteiger partial charge in [0.05, 0.1) is 25.3 Å². The van der Waals surface area contributed by atoms with Gasteiger partial charge in [-0.05, 0) is 54.3 Å². The second kappa shape index (κ2) is 9.16. The van der Waals surface area contributed by atoms with Gasteiger partial charge in [-0.3, -0.25) is 4.79 Å². The molecule has 5 nitrogen and oxygen atoms in total. The topological polar surface area (TPSA) is 67.6 Å². The van der Waals surface area contributed by atoms with Crippen molar-refractivity contribution in [1.82, 2.24) is 10.2 Å². The van der Waals surface area contributed by atoms with E-state index in [9.17, 15) is 9.18 Å². The quantitative estimate of drug-likeness (QED) is 0.562. The number of carbonyl (C=O) groups is 1. The molecule has 7 heteroatoms. The number of carbonyl (C=O) groups excluding carboxylic acids is 1. The highest BCUT2D eigenvalue weighted by molar-refractivity contribution is 6.30. The molecule has 1 amide bonds. The number of anilines is 1. The summed E-state index contributed by atoms with van der Waals surface area (Å²) in [5.74, 6) is -0.259. The van der Waals surface area contributed by atoms with E-state index in [1.54, 1.807) is 42.5 Å². The van der Waals surface area contributed by atoms with Crippen LogP contribution in [0, 0.1) is 5.82 Å². The number of amides is 1. The maximum absolute atomic E-state index is 13.1. The van der Waals surface area contributed by atoms with E-state index in [0.717, 1.165) is 24.0 Å². The smallest absolute Gasteiger partial charge is 0.247 e. The Bertz CT molecular complexity index is 921. The zero-order valence-electron chi connectivity index (χ0n) is 16.6. The molecule has 2 saturated heterocycles. The molecule has 0 aromatic heterocycles. The van der Waals surface area contributed by atoms with E-state index in [-0.39, 0.29) is 29.8 Å². The van der Waals surface area contributed by atoms with Crippen LogP contribution in [0.15, 0.2) is 48.5 Å². The molecule has 2 aliphatic rings. The summed E-state index contributed by atoms with van der Waals surface area (Å²) in [5, 5.41) is 4.12. The molecule has 2 fully saturated rings. The summed E-state index contributed by atoms with van der Waals surface area (Å²) in [6, 6.07) is 12.1. The minimum absolute atomic E-state index is 0.0281. The minimum Gasteiger partial charge on any atom is -0.398 e. The molecular formula is C23H25ClFN3O2. The van der Waals surface area contributed by atoms with Crippen molar-refractivity contribution in [3.63, 3.8) is 0 Å². The number of piperidine rings is 1. The van der Waals surface area contributed by atoms with E-state index in [1.165, 1.54) is 12.1 Å². The number of nitrogen functional groups attached to an aromatic ring is 1.